The number of benzene rings is 3. The van der Waals surface area contributed by atoms with Crippen molar-refractivity contribution in [2.75, 3.05) is 42.5 Å². The topological polar surface area (TPSA) is 43.9 Å². The van der Waals surface area contributed by atoms with Gasteiger partial charge in [0.05, 0.1) is 11.3 Å². The minimum Gasteiger partial charge on any atom is -0.368 e. The molecule has 178 valence electrons. The van der Waals surface area contributed by atoms with Crippen molar-refractivity contribution in [1.82, 2.24) is 4.90 Å². The maximum absolute atomic E-state index is 13.5. The van der Waals surface area contributed by atoms with Crippen LogP contribution in [0, 0.1) is 13.8 Å². The second-order valence-electron chi connectivity index (χ2n) is 8.98. The lowest BCUT2D eigenvalue weighted by Crippen LogP contribution is -2.49. The summed E-state index contributed by atoms with van der Waals surface area (Å²) in [6, 6.07) is 19.8. The Kier molecular flexibility index (Phi) is 6.39. The third kappa shape index (κ3) is 4.34. The molecule has 5 nitrogen and oxygen atoms in total. The highest BCUT2D eigenvalue weighted by Gasteiger charge is 2.29. The number of hydrogen-bond acceptors (Lipinski definition) is 4. The summed E-state index contributed by atoms with van der Waals surface area (Å²) in [6.07, 6.45) is 1.72. The molecule has 35 heavy (non-hydrogen) atoms. The Hall–Kier alpha value is -3.51. The number of aryl methyl sites for hydroxylation is 1. The van der Waals surface area contributed by atoms with E-state index in [-0.39, 0.29) is 11.8 Å². The first-order valence-electron chi connectivity index (χ1n) is 11.9. The maximum Gasteiger partial charge on any atom is 0.259 e. The Labute approximate surface area is 211 Å². The number of carbonyl (C=O) groups excluding carboxylic acids is 2. The molecular formula is C29H29N3O2S. The highest BCUT2D eigenvalue weighted by Crippen LogP contribution is 2.41. The average Bonchev–Trinajstić information content (AvgIpc) is 3.00. The molecule has 3 aromatic carbocycles. The molecule has 2 aliphatic rings. The van der Waals surface area contributed by atoms with E-state index >= 15 is 0 Å². The van der Waals surface area contributed by atoms with Gasteiger partial charge in [-0.3, -0.25) is 9.59 Å². The molecule has 1 fully saturated rings. The molecule has 0 N–H and O–H groups in total. The first-order valence-corrected chi connectivity index (χ1v) is 12.7. The van der Waals surface area contributed by atoms with Crippen LogP contribution < -0.4 is 9.80 Å². The average molecular weight is 484 g/mol. The molecule has 6 heteroatoms. The third-order valence-electron chi connectivity index (χ3n) is 6.87. The van der Waals surface area contributed by atoms with Gasteiger partial charge >= 0.3 is 0 Å². The predicted molar refractivity (Wildman–Crippen MR) is 143 cm³/mol. The molecule has 1 saturated heterocycles. The van der Waals surface area contributed by atoms with Gasteiger partial charge in [-0.1, -0.05) is 42.1 Å². The van der Waals surface area contributed by atoms with Crippen LogP contribution in [0.15, 0.2) is 83.1 Å². The summed E-state index contributed by atoms with van der Waals surface area (Å²) >= 11 is 1.56. The molecule has 0 aliphatic carbocycles. The van der Waals surface area contributed by atoms with Gasteiger partial charge in [-0.05, 0) is 61.4 Å². The van der Waals surface area contributed by atoms with E-state index in [1.807, 2.05) is 47.4 Å². The fourth-order valence-corrected chi connectivity index (χ4v) is 5.83. The van der Waals surface area contributed by atoms with E-state index in [4.69, 9.17) is 0 Å². The standard InChI is InChI=1S/C29H29N3O2S/c1-4-14-32-25-19-22(12-13-27(25)35-26-11-6-5-9-23(26)29(32)34)28(33)31-17-15-30(16-18-31)24-10-7-8-20(2)21(24)3/h4-13,19H,1,14-18H2,2-3H3. The minimum absolute atomic E-state index is 0.00572. The molecular weight excluding hydrogens is 454 g/mol. The van der Waals surface area contributed by atoms with Gasteiger partial charge in [-0.15, -0.1) is 6.58 Å². The van der Waals surface area contributed by atoms with E-state index in [9.17, 15) is 9.59 Å². The fraction of sp³-hybridized carbons (Fsp3) is 0.241. The van der Waals surface area contributed by atoms with Crippen molar-refractivity contribution in [1.29, 1.82) is 0 Å². The Morgan fingerprint density at radius 3 is 2.49 bits per heavy atom. The van der Waals surface area contributed by atoms with Gasteiger partial charge < -0.3 is 14.7 Å². The van der Waals surface area contributed by atoms with E-state index in [2.05, 4.69) is 43.5 Å². The number of rotatable bonds is 4. The third-order valence-corrected chi connectivity index (χ3v) is 8.02. The smallest absolute Gasteiger partial charge is 0.259 e. The van der Waals surface area contributed by atoms with E-state index in [0.717, 1.165) is 28.6 Å². The van der Waals surface area contributed by atoms with Crippen molar-refractivity contribution in [3.05, 3.63) is 95.6 Å². The van der Waals surface area contributed by atoms with Crippen LogP contribution in [0.2, 0.25) is 0 Å². The second-order valence-corrected chi connectivity index (χ2v) is 10.1. The Balaban J connectivity index is 1.38. The van der Waals surface area contributed by atoms with Gasteiger partial charge in [0.25, 0.3) is 11.8 Å². The Bertz CT molecular complexity index is 1310. The molecule has 2 aliphatic heterocycles. The van der Waals surface area contributed by atoms with E-state index in [1.54, 1.807) is 22.7 Å². The van der Waals surface area contributed by atoms with Gasteiger partial charge in [-0.2, -0.15) is 0 Å². The predicted octanol–water partition coefficient (Wildman–Crippen LogP) is 5.56. The summed E-state index contributed by atoms with van der Waals surface area (Å²) in [5.41, 5.74) is 5.87. The molecule has 2 heterocycles. The fourth-order valence-electron chi connectivity index (χ4n) is 4.77. The summed E-state index contributed by atoms with van der Waals surface area (Å²) in [4.78, 5) is 34.7. The molecule has 0 saturated carbocycles. The van der Waals surface area contributed by atoms with Crippen LogP contribution in [0.5, 0.6) is 0 Å². The molecule has 5 rings (SSSR count). The Morgan fingerprint density at radius 2 is 1.71 bits per heavy atom. The zero-order chi connectivity index (χ0) is 24.5. The normalized spacial score (nSPS) is 15.4. The monoisotopic (exact) mass is 483 g/mol. The lowest BCUT2D eigenvalue weighted by Gasteiger charge is -2.37. The van der Waals surface area contributed by atoms with E-state index in [0.29, 0.717) is 30.8 Å². The van der Waals surface area contributed by atoms with E-state index < -0.39 is 0 Å². The molecule has 0 spiro atoms. The summed E-state index contributed by atoms with van der Waals surface area (Å²) in [7, 11) is 0. The highest BCUT2D eigenvalue weighted by atomic mass is 32.2. The van der Waals surface area contributed by atoms with Crippen LogP contribution in [0.1, 0.15) is 31.8 Å². The van der Waals surface area contributed by atoms with Gasteiger partial charge in [-0.25, -0.2) is 0 Å². The van der Waals surface area contributed by atoms with Crippen molar-refractivity contribution in [3.63, 3.8) is 0 Å². The van der Waals surface area contributed by atoms with Gasteiger partial charge in [0, 0.05) is 53.8 Å². The molecule has 0 aromatic heterocycles. The molecule has 0 atom stereocenters. The van der Waals surface area contributed by atoms with Crippen molar-refractivity contribution >= 4 is 35.0 Å². The van der Waals surface area contributed by atoms with Crippen molar-refractivity contribution < 1.29 is 9.59 Å². The van der Waals surface area contributed by atoms with Crippen molar-refractivity contribution in [3.8, 4) is 0 Å². The second kappa shape index (κ2) is 9.62. The summed E-state index contributed by atoms with van der Waals surface area (Å²) in [5.74, 6) is -0.0651. The summed E-state index contributed by atoms with van der Waals surface area (Å²) < 4.78 is 0. The minimum atomic E-state index is -0.0708. The van der Waals surface area contributed by atoms with Crippen LogP contribution >= 0.6 is 11.8 Å². The SMILES string of the molecule is C=CCN1C(=O)c2ccccc2Sc2ccc(C(=O)N3CCN(c4cccc(C)c4C)CC3)cc21. The lowest BCUT2D eigenvalue weighted by atomic mass is 10.1. The summed E-state index contributed by atoms with van der Waals surface area (Å²) in [5, 5.41) is 0. The van der Waals surface area contributed by atoms with E-state index in [1.165, 1.54) is 16.8 Å². The van der Waals surface area contributed by atoms with Crippen LogP contribution in [0.3, 0.4) is 0 Å². The number of fused-ring (bicyclic) bond motifs is 2. The highest BCUT2D eigenvalue weighted by molar-refractivity contribution is 7.99. The van der Waals surface area contributed by atoms with Crippen LogP contribution in [0.4, 0.5) is 11.4 Å². The Morgan fingerprint density at radius 1 is 0.943 bits per heavy atom. The van der Waals surface area contributed by atoms with Crippen LogP contribution in [-0.2, 0) is 0 Å². The maximum atomic E-state index is 13.5. The zero-order valence-electron chi connectivity index (χ0n) is 20.2. The summed E-state index contributed by atoms with van der Waals surface area (Å²) in [6.45, 7) is 11.4. The number of anilines is 2. The number of piperazine rings is 1. The van der Waals surface area contributed by atoms with Gasteiger partial charge in [0.15, 0.2) is 0 Å². The number of nitrogens with zero attached hydrogens (tertiary/aromatic N) is 3. The van der Waals surface area contributed by atoms with Crippen LogP contribution in [0.25, 0.3) is 0 Å². The first kappa shape index (κ1) is 23.2. The van der Waals surface area contributed by atoms with Crippen molar-refractivity contribution in [2.24, 2.45) is 0 Å². The first-order chi connectivity index (χ1) is 17.0. The van der Waals surface area contributed by atoms with Gasteiger partial charge in [0.2, 0.25) is 0 Å². The van der Waals surface area contributed by atoms with Crippen molar-refractivity contribution in [2.45, 2.75) is 23.6 Å². The molecule has 2 amide bonds. The number of carbonyl (C=O) groups is 2. The molecule has 0 bridgehead atoms. The molecule has 3 aromatic rings. The number of amides is 2. The molecule has 0 radical (unpaired) electrons. The largest absolute Gasteiger partial charge is 0.368 e. The molecule has 0 unspecified atom stereocenters. The van der Waals surface area contributed by atoms with Crippen LogP contribution in [-0.4, -0.2) is 49.4 Å². The lowest BCUT2D eigenvalue weighted by molar-refractivity contribution is 0.0746. The quantitative estimate of drug-likeness (QED) is 0.456. The zero-order valence-corrected chi connectivity index (χ0v) is 21.0. The number of hydrogen-bond donors (Lipinski definition) is 0. The van der Waals surface area contributed by atoms with Gasteiger partial charge in [0.1, 0.15) is 0 Å².